The molecule has 47 heavy (non-hydrogen) atoms. The van der Waals surface area contributed by atoms with Crippen molar-refractivity contribution in [1.29, 1.82) is 0 Å². The van der Waals surface area contributed by atoms with Gasteiger partial charge in [0.25, 0.3) is 0 Å². The van der Waals surface area contributed by atoms with Crippen molar-refractivity contribution in [2.45, 2.75) is 39.9 Å². The molecule has 252 valence electrons. The quantitative estimate of drug-likeness (QED) is 0.103. The van der Waals surface area contributed by atoms with Gasteiger partial charge in [-0.05, 0) is 69.7 Å². The standard InChI is InChI=1S/C36H43NO10/c1-20(2)46-26-14-12-23(16-28(26)41-7)34-32(22-11-13-25(40-6)31(15-22)47-21(3)4)33(35(37-34)36(38)44-10)24-17-29(42-8)30(43-9)18-27(24)45-19-39-5/h11-18,20-21,37H,19H2,1-10H3. The first kappa shape index (κ1) is 34.8. The summed E-state index contributed by atoms with van der Waals surface area (Å²) in [6.07, 6.45) is -0.199. The third-order valence-corrected chi connectivity index (χ3v) is 7.11. The van der Waals surface area contributed by atoms with Gasteiger partial charge < -0.3 is 47.6 Å². The van der Waals surface area contributed by atoms with Crippen LogP contribution in [0.2, 0.25) is 0 Å². The number of nitrogens with one attached hydrogen (secondary N) is 1. The van der Waals surface area contributed by atoms with Crippen molar-refractivity contribution in [1.82, 2.24) is 4.98 Å². The first-order chi connectivity index (χ1) is 22.6. The van der Waals surface area contributed by atoms with E-state index in [1.807, 2.05) is 64.1 Å². The van der Waals surface area contributed by atoms with E-state index >= 15 is 0 Å². The molecule has 0 spiro atoms. The van der Waals surface area contributed by atoms with Crippen LogP contribution in [0.3, 0.4) is 0 Å². The Labute approximate surface area is 275 Å². The minimum absolute atomic E-state index is 0.0634. The van der Waals surface area contributed by atoms with Gasteiger partial charge >= 0.3 is 5.97 Å². The van der Waals surface area contributed by atoms with E-state index in [0.717, 1.165) is 0 Å². The number of benzene rings is 3. The molecule has 0 aliphatic carbocycles. The van der Waals surface area contributed by atoms with E-state index in [4.69, 9.17) is 42.6 Å². The Balaban J connectivity index is 2.17. The van der Waals surface area contributed by atoms with E-state index in [0.29, 0.717) is 73.8 Å². The Morgan fingerprint density at radius 1 is 0.617 bits per heavy atom. The van der Waals surface area contributed by atoms with Crippen LogP contribution in [0, 0.1) is 0 Å². The van der Waals surface area contributed by atoms with Crippen molar-refractivity contribution in [2.24, 2.45) is 0 Å². The Morgan fingerprint density at radius 2 is 1.17 bits per heavy atom. The van der Waals surface area contributed by atoms with Gasteiger partial charge in [0, 0.05) is 35.4 Å². The van der Waals surface area contributed by atoms with Gasteiger partial charge in [0.2, 0.25) is 0 Å². The maximum Gasteiger partial charge on any atom is 0.355 e. The van der Waals surface area contributed by atoms with Gasteiger partial charge in [-0.15, -0.1) is 0 Å². The molecule has 0 unspecified atom stereocenters. The minimum Gasteiger partial charge on any atom is -0.493 e. The first-order valence-corrected chi connectivity index (χ1v) is 15.0. The smallest absolute Gasteiger partial charge is 0.355 e. The number of hydrogen-bond donors (Lipinski definition) is 1. The van der Waals surface area contributed by atoms with Crippen LogP contribution in [-0.2, 0) is 9.47 Å². The SMILES string of the molecule is COCOc1cc(OC)c(OC)cc1-c1c(C(=O)OC)[nH]c(-c2ccc(OC(C)C)c(OC)c2)c1-c1ccc(OC)c(OC(C)C)c1. The number of aromatic nitrogens is 1. The second kappa shape index (κ2) is 15.5. The highest BCUT2D eigenvalue weighted by atomic mass is 16.7. The van der Waals surface area contributed by atoms with Crippen LogP contribution >= 0.6 is 0 Å². The Morgan fingerprint density at radius 3 is 1.77 bits per heavy atom. The lowest BCUT2D eigenvalue weighted by Gasteiger charge is -2.19. The molecule has 11 nitrogen and oxygen atoms in total. The molecule has 0 aliphatic heterocycles. The zero-order chi connectivity index (χ0) is 34.2. The highest BCUT2D eigenvalue weighted by molar-refractivity contribution is 6.07. The second-order valence-electron chi connectivity index (χ2n) is 10.9. The highest BCUT2D eigenvalue weighted by Gasteiger charge is 2.30. The molecule has 0 fully saturated rings. The van der Waals surface area contributed by atoms with Gasteiger partial charge in [0.15, 0.2) is 41.3 Å². The van der Waals surface area contributed by atoms with Crippen molar-refractivity contribution in [3.8, 4) is 73.8 Å². The van der Waals surface area contributed by atoms with Gasteiger partial charge in [-0.25, -0.2) is 4.79 Å². The monoisotopic (exact) mass is 649 g/mol. The third kappa shape index (κ3) is 7.52. The van der Waals surface area contributed by atoms with Crippen molar-refractivity contribution in [3.05, 3.63) is 54.2 Å². The van der Waals surface area contributed by atoms with Crippen LogP contribution in [0.4, 0.5) is 0 Å². The van der Waals surface area contributed by atoms with Gasteiger partial charge in [0.1, 0.15) is 11.4 Å². The molecular formula is C36H43NO10. The van der Waals surface area contributed by atoms with Gasteiger partial charge in [0.05, 0.1) is 53.5 Å². The fourth-order valence-corrected chi connectivity index (χ4v) is 5.18. The summed E-state index contributed by atoms with van der Waals surface area (Å²) in [5, 5.41) is 0. The number of hydrogen-bond acceptors (Lipinski definition) is 10. The van der Waals surface area contributed by atoms with E-state index in [1.165, 1.54) is 28.4 Å². The molecule has 0 radical (unpaired) electrons. The molecule has 4 rings (SSSR count). The highest BCUT2D eigenvalue weighted by Crippen LogP contribution is 2.50. The number of H-pyrrole nitrogens is 1. The lowest BCUT2D eigenvalue weighted by Crippen LogP contribution is -2.07. The number of carbonyl (C=O) groups is 1. The largest absolute Gasteiger partial charge is 0.493 e. The van der Waals surface area contributed by atoms with Crippen LogP contribution in [0.5, 0.6) is 40.2 Å². The lowest BCUT2D eigenvalue weighted by atomic mass is 9.91. The van der Waals surface area contributed by atoms with Crippen LogP contribution in [0.1, 0.15) is 38.2 Å². The number of methoxy groups -OCH3 is 6. The Hall–Kier alpha value is -5.03. The second-order valence-corrected chi connectivity index (χ2v) is 10.9. The Kier molecular flexibility index (Phi) is 11.5. The van der Waals surface area contributed by atoms with Gasteiger partial charge in [-0.2, -0.15) is 0 Å². The van der Waals surface area contributed by atoms with Gasteiger partial charge in [-0.3, -0.25) is 0 Å². The van der Waals surface area contributed by atoms with E-state index in [-0.39, 0.29) is 24.7 Å². The fourth-order valence-electron chi connectivity index (χ4n) is 5.18. The molecule has 3 aromatic carbocycles. The predicted octanol–water partition coefficient (Wildman–Crippen LogP) is 7.39. The first-order valence-electron chi connectivity index (χ1n) is 15.0. The van der Waals surface area contributed by atoms with E-state index in [1.54, 1.807) is 26.4 Å². The van der Waals surface area contributed by atoms with Crippen LogP contribution in [0.15, 0.2) is 48.5 Å². The summed E-state index contributed by atoms with van der Waals surface area (Å²) in [7, 11) is 9.08. The summed E-state index contributed by atoms with van der Waals surface area (Å²) in [6, 6.07) is 14.6. The summed E-state index contributed by atoms with van der Waals surface area (Å²) in [5.74, 6) is 2.83. The Bertz CT molecular complexity index is 1690. The van der Waals surface area contributed by atoms with E-state index < -0.39 is 5.97 Å². The maximum atomic E-state index is 13.6. The van der Waals surface area contributed by atoms with Gasteiger partial charge in [-0.1, -0.05) is 6.07 Å². The zero-order valence-corrected chi connectivity index (χ0v) is 28.6. The third-order valence-electron chi connectivity index (χ3n) is 7.11. The number of rotatable bonds is 15. The average molecular weight is 650 g/mol. The van der Waals surface area contributed by atoms with Crippen molar-refractivity contribution < 1.29 is 47.4 Å². The molecule has 1 aromatic heterocycles. The molecule has 4 aromatic rings. The molecule has 11 heteroatoms. The average Bonchev–Trinajstić information content (AvgIpc) is 3.46. The summed E-state index contributed by atoms with van der Waals surface area (Å²) >= 11 is 0. The van der Waals surface area contributed by atoms with Crippen LogP contribution in [0.25, 0.3) is 33.5 Å². The molecule has 0 atom stereocenters. The molecule has 0 saturated carbocycles. The summed E-state index contributed by atoms with van der Waals surface area (Å²) in [4.78, 5) is 16.9. The van der Waals surface area contributed by atoms with Crippen molar-refractivity contribution >= 4 is 5.97 Å². The number of carbonyl (C=O) groups excluding carboxylic acids is 1. The fraction of sp³-hybridized carbons (Fsp3) is 0.361. The summed E-state index contributed by atoms with van der Waals surface area (Å²) < 4.78 is 51.3. The normalized spacial score (nSPS) is 11.0. The summed E-state index contributed by atoms with van der Waals surface area (Å²) in [5.41, 5.74) is 3.86. The molecule has 1 heterocycles. The van der Waals surface area contributed by atoms with E-state index in [2.05, 4.69) is 4.98 Å². The molecule has 0 saturated heterocycles. The predicted molar refractivity (Wildman–Crippen MR) is 179 cm³/mol. The minimum atomic E-state index is -0.598. The van der Waals surface area contributed by atoms with Crippen LogP contribution < -0.4 is 33.2 Å². The molecule has 1 N–H and O–H groups in total. The molecule has 0 amide bonds. The van der Waals surface area contributed by atoms with Crippen molar-refractivity contribution in [2.75, 3.05) is 49.5 Å². The number of aromatic amines is 1. The summed E-state index contributed by atoms with van der Waals surface area (Å²) in [6.45, 7) is 7.69. The number of ether oxygens (including phenoxy) is 9. The topological polar surface area (TPSA) is 116 Å². The lowest BCUT2D eigenvalue weighted by molar-refractivity contribution is 0.0513. The van der Waals surface area contributed by atoms with E-state index in [9.17, 15) is 4.79 Å². The van der Waals surface area contributed by atoms with Crippen molar-refractivity contribution in [3.63, 3.8) is 0 Å². The molecule has 0 bridgehead atoms. The maximum absolute atomic E-state index is 13.6. The van der Waals surface area contributed by atoms with Crippen LogP contribution in [-0.4, -0.2) is 72.6 Å². The molecular weight excluding hydrogens is 606 g/mol. The molecule has 0 aliphatic rings. The number of esters is 1. The zero-order valence-electron chi connectivity index (χ0n) is 28.6.